The molecular formula is C25H22ClN3O5S. The second-order valence-corrected chi connectivity index (χ2v) is 9.09. The van der Waals surface area contributed by atoms with E-state index in [0.29, 0.717) is 43.5 Å². The van der Waals surface area contributed by atoms with Gasteiger partial charge in [-0.05, 0) is 36.2 Å². The molecule has 0 aliphatic rings. The summed E-state index contributed by atoms with van der Waals surface area (Å²) in [5, 5.41) is 3.34. The molecule has 35 heavy (non-hydrogen) atoms. The van der Waals surface area contributed by atoms with E-state index in [-0.39, 0.29) is 13.2 Å². The first-order chi connectivity index (χ1) is 16.9. The predicted molar refractivity (Wildman–Crippen MR) is 136 cm³/mol. The fraction of sp³-hybridized carbons (Fsp3) is 0.200. The van der Waals surface area contributed by atoms with E-state index in [1.807, 2.05) is 30.3 Å². The molecule has 1 amide bonds. The summed E-state index contributed by atoms with van der Waals surface area (Å²) in [5.74, 6) is -0.442. The molecule has 1 N–H and O–H groups in total. The molecule has 180 valence electrons. The number of ether oxygens (including phenoxy) is 2. The van der Waals surface area contributed by atoms with Crippen molar-refractivity contribution in [3.8, 4) is 5.75 Å². The summed E-state index contributed by atoms with van der Waals surface area (Å²) >= 11 is 7.20. The molecular weight excluding hydrogens is 490 g/mol. The van der Waals surface area contributed by atoms with Gasteiger partial charge in [-0.15, -0.1) is 11.3 Å². The number of aryl methyl sites for hydroxylation is 1. The van der Waals surface area contributed by atoms with Gasteiger partial charge in [0, 0.05) is 12.1 Å². The molecule has 0 aliphatic heterocycles. The molecule has 8 nitrogen and oxygen atoms in total. The lowest BCUT2D eigenvalue weighted by Gasteiger charge is -2.09. The fourth-order valence-corrected chi connectivity index (χ4v) is 4.83. The maximum Gasteiger partial charge on any atom is 0.348 e. The molecule has 2 aromatic carbocycles. The average Bonchev–Trinajstić information content (AvgIpc) is 3.18. The number of fused-ring (bicyclic) bond motifs is 1. The number of methoxy groups -OCH3 is 1. The number of aromatic nitrogens is 2. The second kappa shape index (κ2) is 10.7. The van der Waals surface area contributed by atoms with E-state index in [2.05, 4.69) is 10.3 Å². The molecule has 2 aromatic heterocycles. The van der Waals surface area contributed by atoms with Crippen LogP contribution >= 0.6 is 22.9 Å². The van der Waals surface area contributed by atoms with Crippen LogP contribution in [0.1, 0.15) is 20.8 Å². The van der Waals surface area contributed by atoms with Crippen LogP contribution in [0.5, 0.6) is 5.75 Å². The number of esters is 1. The number of rotatable bonds is 8. The molecule has 0 spiro atoms. The van der Waals surface area contributed by atoms with Crippen molar-refractivity contribution in [1.29, 1.82) is 0 Å². The van der Waals surface area contributed by atoms with Crippen LogP contribution in [0.2, 0.25) is 5.02 Å². The van der Waals surface area contributed by atoms with Crippen molar-refractivity contribution in [3.05, 3.63) is 86.2 Å². The minimum absolute atomic E-state index is 0.226. The number of amides is 1. The average molecular weight is 512 g/mol. The lowest BCUT2D eigenvalue weighted by Crippen LogP contribution is -2.27. The second-order valence-electron chi connectivity index (χ2n) is 7.68. The van der Waals surface area contributed by atoms with E-state index in [1.165, 1.54) is 18.0 Å². The van der Waals surface area contributed by atoms with E-state index in [1.54, 1.807) is 25.1 Å². The topological polar surface area (TPSA) is 99.5 Å². The van der Waals surface area contributed by atoms with Gasteiger partial charge >= 0.3 is 5.97 Å². The van der Waals surface area contributed by atoms with Crippen LogP contribution in [0, 0.1) is 6.92 Å². The number of halogens is 1. The highest BCUT2D eigenvalue weighted by Gasteiger charge is 2.21. The van der Waals surface area contributed by atoms with Crippen molar-refractivity contribution in [2.24, 2.45) is 0 Å². The minimum atomic E-state index is -0.499. The van der Waals surface area contributed by atoms with Gasteiger partial charge in [-0.1, -0.05) is 41.9 Å². The van der Waals surface area contributed by atoms with Gasteiger partial charge in [0.1, 0.15) is 22.0 Å². The quantitative estimate of drug-likeness (QED) is 0.350. The number of hydrogen-bond donors (Lipinski definition) is 1. The Bertz CT molecular complexity index is 1450. The smallest absolute Gasteiger partial charge is 0.348 e. The summed E-state index contributed by atoms with van der Waals surface area (Å²) in [7, 11) is 1.50. The molecule has 4 aromatic rings. The number of carbonyl (C=O) groups is 2. The Hall–Kier alpha value is -3.69. The maximum atomic E-state index is 13.1. The lowest BCUT2D eigenvalue weighted by molar-refractivity contribution is -0.116. The summed E-state index contributed by atoms with van der Waals surface area (Å²) in [6.45, 7) is 1.65. The van der Waals surface area contributed by atoms with Crippen LogP contribution in [0.3, 0.4) is 0 Å². The van der Waals surface area contributed by atoms with Crippen molar-refractivity contribution < 1.29 is 19.1 Å². The number of benzene rings is 2. The van der Waals surface area contributed by atoms with Crippen molar-refractivity contribution in [3.63, 3.8) is 0 Å². The predicted octanol–water partition coefficient (Wildman–Crippen LogP) is 4.47. The summed E-state index contributed by atoms with van der Waals surface area (Å²) in [6, 6.07) is 14.5. The number of anilines is 1. The highest BCUT2D eigenvalue weighted by molar-refractivity contribution is 7.20. The van der Waals surface area contributed by atoms with Crippen molar-refractivity contribution in [2.45, 2.75) is 19.9 Å². The summed E-state index contributed by atoms with van der Waals surface area (Å²) in [6.07, 6.45) is 1.89. The minimum Gasteiger partial charge on any atom is -0.495 e. The Labute approximate surface area is 210 Å². The van der Waals surface area contributed by atoms with E-state index in [9.17, 15) is 14.4 Å². The third kappa shape index (κ3) is 5.52. The van der Waals surface area contributed by atoms with Crippen molar-refractivity contribution in [2.75, 3.05) is 19.0 Å². The number of carbonyl (C=O) groups excluding carboxylic acids is 2. The standard InChI is InChI=1S/C25H22ClN3O5S/c1-15-21-23(35-22(15)25(32)34-11-10-16-6-4-3-5-7-16)27-14-29(24(21)31)13-20(30)28-17-8-9-19(33-2)18(26)12-17/h3-9,12,14H,10-11,13H2,1-2H3,(H,28,30). The highest BCUT2D eigenvalue weighted by atomic mass is 35.5. The van der Waals surface area contributed by atoms with Crippen molar-refractivity contribution in [1.82, 2.24) is 9.55 Å². The Morgan fingerprint density at radius 3 is 2.66 bits per heavy atom. The monoisotopic (exact) mass is 511 g/mol. The lowest BCUT2D eigenvalue weighted by atomic mass is 10.2. The van der Waals surface area contributed by atoms with Crippen LogP contribution in [-0.2, 0) is 22.5 Å². The van der Waals surface area contributed by atoms with E-state index < -0.39 is 17.4 Å². The first-order valence-corrected chi connectivity index (χ1v) is 11.9. The van der Waals surface area contributed by atoms with Crippen LogP contribution < -0.4 is 15.6 Å². The summed E-state index contributed by atoms with van der Waals surface area (Å²) in [5.41, 5.74) is 1.61. The Morgan fingerprint density at radius 1 is 1.17 bits per heavy atom. The Morgan fingerprint density at radius 2 is 1.94 bits per heavy atom. The van der Waals surface area contributed by atoms with Gasteiger partial charge < -0.3 is 14.8 Å². The number of thiophene rings is 1. The fourth-order valence-electron chi connectivity index (χ4n) is 3.54. The van der Waals surface area contributed by atoms with Crippen LogP contribution in [-0.4, -0.2) is 35.1 Å². The molecule has 0 radical (unpaired) electrons. The van der Waals surface area contributed by atoms with Crippen LogP contribution in [0.15, 0.2) is 59.7 Å². The van der Waals surface area contributed by atoms with Crippen LogP contribution in [0.25, 0.3) is 10.2 Å². The van der Waals surface area contributed by atoms with E-state index in [4.69, 9.17) is 21.1 Å². The van der Waals surface area contributed by atoms with Gasteiger partial charge in [-0.3, -0.25) is 14.2 Å². The molecule has 2 heterocycles. The Balaban J connectivity index is 1.47. The number of hydrogen-bond acceptors (Lipinski definition) is 7. The van der Waals surface area contributed by atoms with Gasteiger partial charge in [0.25, 0.3) is 5.56 Å². The molecule has 0 saturated heterocycles. The summed E-state index contributed by atoms with van der Waals surface area (Å²) < 4.78 is 11.7. The first-order valence-electron chi connectivity index (χ1n) is 10.7. The van der Waals surface area contributed by atoms with Gasteiger partial charge in [-0.2, -0.15) is 0 Å². The molecule has 10 heteroatoms. The van der Waals surface area contributed by atoms with Gasteiger partial charge in [0.2, 0.25) is 5.91 Å². The zero-order chi connectivity index (χ0) is 24.9. The zero-order valence-electron chi connectivity index (χ0n) is 19.0. The molecule has 0 fully saturated rings. The number of nitrogens with zero attached hydrogens (tertiary/aromatic N) is 2. The maximum absolute atomic E-state index is 13.1. The third-order valence-corrected chi connectivity index (χ3v) is 6.79. The SMILES string of the molecule is COc1ccc(NC(=O)Cn2cnc3sc(C(=O)OCCc4ccccc4)c(C)c3c2=O)cc1Cl. The normalized spacial score (nSPS) is 10.8. The third-order valence-electron chi connectivity index (χ3n) is 5.32. The van der Waals surface area contributed by atoms with Gasteiger partial charge in [0.15, 0.2) is 0 Å². The molecule has 0 atom stereocenters. The summed E-state index contributed by atoms with van der Waals surface area (Å²) in [4.78, 5) is 43.3. The largest absolute Gasteiger partial charge is 0.495 e. The molecule has 0 bridgehead atoms. The number of nitrogens with one attached hydrogen (secondary N) is 1. The molecule has 0 saturated carbocycles. The van der Waals surface area contributed by atoms with E-state index in [0.717, 1.165) is 16.9 Å². The first kappa shape index (κ1) is 24.4. The zero-order valence-corrected chi connectivity index (χ0v) is 20.6. The molecule has 0 unspecified atom stereocenters. The highest BCUT2D eigenvalue weighted by Crippen LogP contribution is 2.28. The van der Waals surface area contributed by atoms with Gasteiger partial charge in [0.05, 0.1) is 30.5 Å². The van der Waals surface area contributed by atoms with E-state index >= 15 is 0 Å². The van der Waals surface area contributed by atoms with Crippen molar-refractivity contribution >= 4 is 50.7 Å². The van der Waals surface area contributed by atoms with Crippen LogP contribution in [0.4, 0.5) is 5.69 Å². The van der Waals surface area contributed by atoms with Gasteiger partial charge in [-0.25, -0.2) is 9.78 Å². The molecule has 4 rings (SSSR count). The Kier molecular flexibility index (Phi) is 7.48. The molecule has 0 aliphatic carbocycles.